The molecule has 35 heavy (non-hydrogen) atoms. The largest absolute Gasteiger partial charge is 0.481 e. The highest BCUT2D eigenvalue weighted by molar-refractivity contribution is 5.80. The summed E-state index contributed by atoms with van der Waals surface area (Å²) in [4.78, 5) is 38.2. The monoisotopic (exact) mass is 480 g/mol. The summed E-state index contributed by atoms with van der Waals surface area (Å²) in [5.74, 6) is -0.994. The Morgan fingerprint density at radius 2 is 1.54 bits per heavy atom. The van der Waals surface area contributed by atoms with Crippen molar-refractivity contribution in [3.8, 4) is 11.1 Å². The molecule has 0 bridgehead atoms. The van der Waals surface area contributed by atoms with Crippen LogP contribution in [-0.4, -0.2) is 53.2 Å². The van der Waals surface area contributed by atoms with Gasteiger partial charge in [0.2, 0.25) is 5.91 Å². The van der Waals surface area contributed by atoms with Crippen molar-refractivity contribution in [1.29, 1.82) is 0 Å². The lowest BCUT2D eigenvalue weighted by molar-refractivity contribution is -0.138. The molecule has 2 amide bonds. The number of ether oxygens (including phenoxy) is 1. The molecule has 7 heteroatoms. The molecule has 3 rings (SSSR count). The van der Waals surface area contributed by atoms with Gasteiger partial charge in [0.05, 0.1) is 0 Å². The van der Waals surface area contributed by atoms with Gasteiger partial charge >= 0.3 is 12.1 Å². The summed E-state index contributed by atoms with van der Waals surface area (Å²) in [7, 11) is 0. The van der Waals surface area contributed by atoms with Crippen LogP contribution >= 0.6 is 0 Å². The molecule has 0 radical (unpaired) electrons. The normalized spacial score (nSPS) is 13.3. The van der Waals surface area contributed by atoms with Gasteiger partial charge in [0, 0.05) is 37.4 Å². The van der Waals surface area contributed by atoms with Crippen LogP contribution in [0.3, 0.4) is 0 Å². The standard InChI is InChI=1S/C28H36N2O5/c1-18(2)25(16-26(31)30(19(3)4)15-9-14-27(32)33)29-28(34)35-17-24-22-12-7-5-10-20(22)21-11-6-8-13-23(21)24/h5-8,10-13,18-19,24-25H,9,14-17H2,1-4H3,(H,29,34)(H,32,33)/t25-/m0/s1. The molecule has 0 saturated heterocycles. The molecule has 2 N–H and O–H groups in total. The predicted octanol–water partition coefficient (Wildman–Crippen LogP) is 5.04. The lowest BCUT2D eigenvalue weighted by Crippen LogP contribution is -2.45. The Balaban J connectivity index is 1.60. The second kappa shape index (κ2) is 11.9. The van der Waals surface area contributed by atoms with E-state index in [0.29, 0.717) is 13.0 Å². The van der Waals surface area contributed by atoms with Crippen LogP contribution in [0.5, 0.6) is 0 Å². The second-order valence-electron chi connectivity index (χ2n) is 9.70. The first-order valence-corrected chi connectivity index (χ1v) is 12.3. The zero-order valence-electron chi connectivity index (χ0n) is 21.0. The minimum Gasteiger partial charge on any atom is -0.481 e. The van der Waals surface area contributed by atoms with Crippen LogP contribution < -0.4 is 5.32 Å². The summed E-state index contributed by atoms with van der Waals surface area (Å²) >= 11 is 0. The molecule has 2 aromatic carbocycles. The number of fused-ring (bicyclic) bond motifs is 3. The molecule has 7 nitrogen and oxygen atoms in total. The number of nitrogens with zero attached hydrogens (tertiary/aromatic N) is 1. The van der Waals surface area contributed by atoms with E-state index in [0.717, 1.165) is 11.1 Å². The number of amides is 2. The highest BCUT2D eigenvalue weighted by atomic mass is 16.5. The molecular weight excluding hydrogens is 444 g/mol. The van der Waals surface area contributed by atoms with E-state index in [-0.39, 0.29) is 49.3 Å². The van der Waals surface area contributed by atoms with Gasteiger partial charge in [-0.15, -0.1) is 0 Å². The Morgan fingerprint density at radius 3 is 2.06 bits per heavy atom. The van der Waals surface area contributed by atoms with E-state index in [1.165, 1.54) is 11.1 Å². The van der Waals surface area contributed by atoms with Crippen LogP contribution in [0.2, 0.25) is 0 Å². The number of hydrogen-bond donors (Lipinski definition) is 2. The number of hydrogen-bond acceptors (Lipinski definition) is 4. The van der Waals surface area contributed by atoms with Crippen molar-refractivity contribution in [2.75, 3.05) is 13.2 Å². The third-order valence-corrected chi connectivity index (χ3v) is 6.58. The second-order valence-corrected chi connectivity index (χ2v) is 9.70. The molecule has 0 saturated carbocycles. The molecule has 1 aliphatic carbocycles. The van der Waals surface area contributed by atoms with Crippen LogP contribution in [0, 0.1) is 5.92 Å². The predicted molar refractivity (Wildman–Crippen MR) is 135 cm³/mol. The van der Waals surface area contributed by atoms with E-state index in [1.807, 2.05) is 52.0 Å². The average molecular weight is 481 g/mol. The quantitative estimate of drug-likeness (QED) is 0.470. The molecule has 2 aromatic rings. The van der Waals surface area contributed by atoms with Crippen LogP contribution in [-0.2, 0) is 14.3 Å². The zero-order chi connectivity index (χ0) is 25.5. The van der Waals surface area contributed by atoms with Crippen LogP contribution in [0.25, 0.3) is 11.1 Å². The van der Waals surface area contributed by atoms with E-state index in [1.54, 1.807) is 4.90 Å². The Hall–Kier alpha value is -3.35. The third kappa shape index (κ3) is 6.62. The van der Waals surface area contributed by atoms with Crippen molar-refractivity contribution in [3.05, 3.63) is 59.7 Å². The summed E-state index contributed by atoms with van der Waals surface area (Å²) in [6.07, 6.45) is 0.000934. The Bertz CT molecular complexity index is 1000. The van der Waals surface area contributed by atoms with Crippen molar-refractivity contribution in [3.63, 3.8) is 0 Å². The topological polar surface area (TPSA) is 95.9 Å². The number of carbonyl (C=O) groups excluding carboxylic acids is 2. The van der Waals surface area contributed by atoms with Gasteiger partial charge in [0.1, 0.15) is 6.61 Å². The number of aliphatic carboxylic acids is 1. The van der Waals surface area contributed by atoms with Crippen molar-refractivity contribution >= 4 is 18.0 Å². The van der Waals surface area contributed by atoms with Gasteiger partial charge in [-0.1, -0.05) is 62.4 Å². The number of benzene rings is 2. The van der Waals surface area contributed by atoms with Gasteiger partial charge in [-0.05, 0) is 48.4 Å². The first-order chi connectivity index (χ1) is 16.7. The third-order valence-electron chi connectivity index (χ3n) is 6.58. The van der Waals surface area contributed by atoms with Crippen molar-refractivity contribution in [2.24, 2.45) is 5.92 Å². The molecule has 0 unspecified atom stereocenters. The molecule has 0 aromatic heterocycles. The Kier molecular flexibility index (Phi) is 8.90. The number of rotatable bonds is 11. The maximum atomic E-state index is 13.0. The highest BCUT2D eigenvalue weighted by Crippen LogP contribution is 2.44. The first kappa shape index (κ1) is 26.3. The van der Waals surface area contributed by atoms with E-state index < -0.39 is 12.1 Å². The molecule has 1 atom stereocenters. The van der Waals surface area contributed by atoms with Gasteiger partial charge in [0.15, 0.2) is 0 Å². The minimum absolute atomic E-state index is 0.0160. The van der Waals surface area contributed by atoms with Gasteiger partial charge in [-0.2, -0.15) is 0 Å². The molecule has 188 valence electrons. The average Bonchev–Trinajstić information content (AvgIpc) is 3.13. The van der Waals surface area contributed by atoms with Crippen molar-refractivity contribution in [2.45, 2.75) is 65.0 Å². The molecule has 0 spiro atoms. The molecule has 1 aliphatic rings. The summed E-state index contributed by atoms with van der Waals surface area (Å²) in [6.45, 7) is 8.30. The summed E-state index contributed by atoms with van der Waals surface area (Å²) in [5, 5.41) is 11.8. The van der Waals surface area contributed by atoms with E-state index >= 15 is 0 Å². The first-order valence-electron chi connectivity index (χ1n) is 12.3. The zero-order valence-corrected chi connectivity index (χ0v) is 21.0. The van der Waals surface area contributed by atoms with Gasteiger partial charge in [-0.25, -0.2) is 4.79 Å². The molecule has 0 aliphatic heterocycles. The number of alkyl carbamates (subject to hydrolysis) is 1. The van der Waals surface area contributed by atoms with Gasteiger partial charge < -0.3 is 20.1 Å². The number of carbonyl (C=O) groups is 3. The van der Waals surface area contributed by atoms with Crippen LogP contribution in [0.15, 0.2) is 48.5 Å². The lowest BCUT2D eigenvalue weighted by atomic mass is 9.98. The molecule has 0 heterocycles. The fraction of sp³-hybridized carbons (Fsp3) is 0.464. The SMILES string of the molecule is CC(C)[C@H](CC(=O)N(CCCC(=O)O)C(C)C)NC(=O)OCC1c2ccccc2-c2ccccc21. The van der Waals surface area contributed by atoms with E-state index in [4.69, 9.17) is 9.84 Å². The van der Waals surface area contributed by atoms with Crippen LogP contribution in [0.4, 0.5) is 4.79 Å². The molecule has 0 fully saturated rings. The summed E-state index contributed by atoms with van der Waals surface area (Å²) in [6, 6.07) is 15.9. The minimum atomic E-state index is -0.877. The molecular formula is C28H36N2O5. The van der Waals surface area contributed by atoms with Gasteiger partial charge in [-0.3, -0.25) is 9.59 Å². The smallest absolute Gasteiger partial charge is 0.407 e. The maximum absolute atomic E-state index is 13.0. The summed E-state index contributed by atoms with van der Waals surface area (Å²) in [5.41, 5.74) is 4.62. The number of carboxylic acid groups (broad SMARTS) is 1. The summed E-state index contributed by atoms with van der Waals surface area (Å²) < 4.78 is 5.66. The van der Waals surface area contributed by atoms with E-state index in [2.05, 4.69) is 29.6 Å². The highest BCUT2D eigenvalue weighted by Gasteiger charge is 2.30. The van der Waals surface area contributed by atoms with Crippen molar-refractivity contribution < 1.29 is 24.2 Å². The number of carboxylic acids is 1. The van der Waals surface area contributed by atoms with E-state index in [9.17, 15) is 14.4 Å². The number of nitrogens with one attached hydrogen (secondary N) is 1. The fourth-order valence-corrected chi connectivity index (χ4v) is 4.62. The van der Waals surface area contributed by atoms with Crippen molar-refractivity contribution in [1.82, 2.24) is 10.2 Å². The van der Waals surface area contributed by atoms with Gasteiger partial charge in [0.25, 0.3) is 0 Å². The Labute approximate surface area is 207 Å². The maximum Gasteiger partial charge on any atom is 0.407 e. The van der Waals surface area contributed by atoms with Crippen LogP contribution in [0.1, 0.15) is 64.0 Å². The lowest BCUT2D eigenvalue weighted by Gasteiger charge is -2.30. The Morgan fingerprint density at radius 1 is 0.971 bits per heavy atom. The fourth-order valence-electron chi connectivity index (χ4n) is 4.62.